The van der Waals surface area contributed by atoms with Crippen LogP contribution in [0.4, 0.5) is 0 Å². The van der Waals surface area contributed by atoms with Crippen molar-refractivity contribution in [2.75, 3.05) is 6.61 Å². The van der Waals surface area contributed by atoms with Crippen LogP contribution in [0, 0.1) is 0 Å². The average molecular weight is 297 g/mol. The Hall–Kier alpha value is -1.24. The molecular formula is C14H19NO4S. The number of nitrogens with one attached hydrogen (secondary N) is 1. The number of ketones is 1. The topological polar surface area (TPSA) is 83.5 Å². The van der Waals surface area contributed by atoms with Crippen molar-refractivity contribution < 1.29 is 18.3 Å². The van der Waals surface area contributed by atoms with Gasteiger partial charge in [0.05, 0.1) is 17.0 Å². The normalized spacial score (nSPS) is 17.5. The maximum atomic E-state index is 12.3. The van der Waals surface area contributed by atoms with Crippen molar-refractivity contribution in [1.82, 2.24) is 4.72 Å². The Balaban J connectivity index is 2.28. The lowest BCUT2D eigenvalue weighted by Gasteiger charge is -2.40. The molecule has 1 aromatic carbocycles. The van der Waals surface area contributed by atoms with E-state index in [1.807, 2.05) is 0 Å². The summed E-state index contributed by atoms with van der Waals surface area (Å²) < 4.78 is 27.2. The van der Waals surface area contributed by atoms with E-state index in [1.165, 1.54) is 12.1 Å². The Morgan fingerprint density at radius 3 is 2.60 bits per heavy atom. The van der Waals surface area contributed by atoms with Crippen LogP contribution in [0.3, 0.4) is 0 Å². The number of aliphatic hydroxyl groups excluding tert-OH is 1. The summed E-state index contributed by atoms with van der Waals surface area (Å²) in [5.41, 5.74) is -0.342. The van der Waals surface area contributed by atoms with E-state index in [-0.39, 0.29) is 17.3 Å². The molecule has 5 nitrogen and oxygen atoms in total. The summed E-state index contributed by atoms with van der Waals surface area (Å²) in [6.45, 7) is 1.52. The molecule has 6 heteroatoms. The van der Waals surface area contributed by atoms with Crippen LogP contribution in [-0.2, 0) is 10.0 Å². The molecule has 1 saturated carbocycles. The molecule has 1 aliphatic rings. The maximum absolute atomic E-state index is 12.3. The molecule has 0 aliphatic heterocycles. The highest BCUT2D eigenvalue weighted by molar-refractivity contribution is 7.89. The van der Waals surface area contributed by atoms with Crippen LogP contribution in [0.15, 0.2) is 29.2 Å². The predicted molar refractivity (Wildman–Crippen MR) is 75.1 cm³/mol. The first-order valence-corrected chi connectivity index (χ1v) is 8.19. The summed E-state index contributed by atoms with van der Waals surface area (Å²) in [7, 11) is -3.72. The van der Waals surface area contributed by atoms with Crippen molar-refractivity contribution >= 4 is 15.8 Å². The van der Waals surface area contributed by atoms with Gasteiger partial charge in [0.2, 0.25) is 10.0 Å². The predicted octanol–water partition coefficient (Wildman–Crippen LogP) is 1.47. The molecule has 0 bridgehead atoms. The Bertz CT molecular complexity index is 600. The lowest BCUT2D eigenvalue weighted by molar-refractivity contribution is 0.0988. The van der Waals surface area contributed by atoms with Crippen LogP contribution < -0.4 is 4.72 Å². The van der Waals surface area contributed by atoms with Gasteiger partial charge in [-0.3, -0.25) is 4.79 Å². The van der Waals surface area contributed by atoms with Gasteiger partial charge in [-0.05, 0) is 31.4 Å². The van der Waals surface area contributed by atoms with Crippen molar-refractivity contribution in [1.29, 1.82) is 0 Å². The molecule has 20 heavy (non-hydrogen) atoms. The largest absolute Gasteiger partial charge is 0.394 e. The van der Waals surface area contributed by atoms with E-state index in [2.05, 4.69) is 4.72 Å². The number of aliphatic hydroxyl groups is 1. The number of hydrogen-bond acceptors (Lipinski definition) is 4. The summed E-state index contributed by atoms with van der Waals surface area (Å²) in [4.78, 5) is 11.7. The fraction of sp³-hybridized carbons (Fsp3) is 0.500. The number of benzene rings is 1. The molecule has 1 aliphatic carbocycles. The first kappa shape index (κ1) is 15.2. The lowest BCUT2D eigenvalue weighted by Crippen LogP contribution is -2.55. The molecule has 0 unspecified atom stereocenters. The molecule has 0 radical (unpaired) electrons. The maximum Gasteiger partial charge on any atom is 0.241 e. The molecule has 0 amide bonds. The van der Waals surface area contributed by atoms with Crippen LogP contribution in [-0.4, -0.2) is 31.5 Å². The van der Waals surface area contributed by atoms with Gasteiger partial charge >= 0.3 is 0 Å². The molecular weight excluding hydrogens is 278 g/mol. The summed E-state index contributed by atoms with van der Waals surface area (Å²) in [5, 5.41) is 9.35. The van der Waals surface area contributed by atoms with E-state index in [9.17, 15) is 18.3 Å². The van der Waals surface area contributed by atoms with Gasteiger partial charge in [0.1, 0.15) is 0 Å². The second kappa shape index (κ2) is 5.63. The Labute approximate surface area is 119 Å². The lowest BCUT2D eigenvalue weighted by atomic mass is 9.78. The van der Waals surface area contributed by atoms with E-state index < -0.39 is 15.6 Å². The third-order valence-electron chi connectivity index (χ3n) is 3.75. The minimum Gasteiger partial charge on any atom is -0.394 e. The highest BCUT2D eigenvalue weighted by Crippen LogP contribution is 2.32. The average Bonchev–Trinajstić information content (AvgIpc) is 2.42. The summed E-state index contributed by atoms with van der Waals surface area (Å²) >= 11 is 0. The van der Waals surface area contributed by atoms with E-state index in [4.69, 9.17) is 0 Å². The third-order valence-corrected chi connectivity index (χ3v) is 5.33. The van der Waals surface area contributed by atoms with Crippen molar-refractivity contribution in [3.63, 3.8) is 0 Å². The highest BCUT2D eigenvalue weighted by atomic mass is 32.2. The zero-order valence-electron chi connectivity index (χ0n) is 11.4. The number of Topliss-reactive ketones (excluding diaryl/α,β-unsaturated/α-hetero) is 1. The zero-order valence-corrected chi connectivity index (χ0v) is 12.2. The smallest absolute Gasteiger partial charge is 0.241 e. The second-order valence-electron chi connectivity index (χ2n) is 5.20. The van der Waals surface area contributed by atoms with Gasteiger partial charge in [-0.2, -0.15) is 0 Å². The molecule has 0 spiro atoms. The Morgan fingerprint density at radius 1 is 1.40 bits per heavy atom. The van der Waals surface area contributed by atoms with Gasteiger partial charge in [0.15, 0.2) is 5.78 Å². The van der Waals surface area contributed by atoms with Gasteiger partial charge in [0.25, 0.3) is 0 Å². The van der Waals surface area contributed by atoms with Gasteiger partial charge in [-0.1, -0.05) is 19.1 Å². The highest BCUT2D eigenvalue weighted by Gasteiger charge is 2.40. The molecule has 0 saturated heterocycles. The Kier molecular flexibility index (Phi) is 4.27. The monoisotopic (exact) mass is 297 g/mol. The van der Waals surface area contributed by atoms with Crippen LogP contribution >= 0.6 is 0 Å². The Morgan fingerprint density at radius 2 is 2.10 bits per heavy atom. The molecule has 0 atom stereocenters. The molecule has 2 N–H and O–H groups in total. The summed E-state index contributed by atoms with van der Waals surface area (Å²) in [6.07, 6.45) is 2.50. The molecule has 1 fully saturated rings. The first-order valence-electron chi connectivity index (χ1n) is 6.70. The number of carbonyl (C=O) groups excluding carboxylic acids is 1. The van der Waals surface area contributed by atoms with Crippen molar-refractivity contribution in [2.45, 2.75) is 43.0 Å². The van der Waals surface area contributed by atoms with Crippen LogP contribution in [0.2, 0.25) is 0 Å². The van der Waals surface area contributed by atoms with Crippen molar-refractivity contribution in [3.05, 3.63) is 29.8 Å². The molecule has 0 aromatic heterocycles. The van der Waals surface area contributed by atoms with Crippen LogP contribution in [0.5, 0.6) is 0 Å². The second-order valence-corrected chi connectivity index (χ2v) is 6.88. The fourth-order valence-electron chi connectivity index (χ4n) is 2.28. The van der Waals surface area contributed by atoms with Gasteiger partial charge < -0.3 is 5.11 Å². The minimum atomic E-state index is -3.72. The molecule has 110 valence electrons. The van der Waals surface area contributed by atoms with E-state index in [0.717, 1.165) is 6.42 Å². The molecule has 1 aromatic rings. The van der Waals surface area contributed by atoms with E-state index in [1.54, 1.807) is 19.1 Å². The van der Waals surface area contributed by atoms with Crippen LogP contribution in [0.25, 0.3) is 0 Å². The minimum absolute atomic E-state index is 0.0662. The zero-order chi connectivity index (χ0) is 14.8. The third kappa shape index (κ3) is 2.92. The quantitative estimate of drug-likeness (QED) is 0.779. The van der Waals surface area contributed by atoms with Crippen molar-refractivity contribution in [3.8, 4) is 0 Å². The number of rotatable bonds is 6. The van der Waals surface area contributed by atoms with Gasteiger partial charge in [0, 0.05) is 12.0 Å². The number of carbonyl (C=O) groups is 1. The number of sulfonamides is 1. The molecule has 0 heterocycles. The summed E-state index contributed by atoms with van der Waals surface area (Å²) in [5.74, 6) is -0.0948. The van der Waals surface area contributed by atoms with Crippen molar-refractivity contribution in [2.24, 2.45) is 0 Å². The summed E-state index contributed by atoms with van der Waals surface area (Å²) in [6, 6.07) is 6.01. The fourth-order valence-corrected chi connectivity index (χ4v) is 3.78. The van der Waals surface area contributed by atoms with Crippen LogP contribution in [0.1, 0.15) is 43.0 Å². The standard InChI is InChI=1S/C14H19NO4S/c1-2-13(17)11-5-3-6-12(9-11)20(18,19)15-14(10-16)7-4-8-14/h3,5-6,9,15-16H,2,4,7-8,10H2,1H3. The first-order chi connectivity index (χ1) is 9.42. The van der Waals surface area contributed by atoms with Gasteiger partial charge in [-0.25, -0.2) is 13.1 Å². The molecule has 2 rings (SSSR count). The van der Waals surface area contributed by atoms with E-state index in [0.29, 0.717) is 24.8 Å². The SMILES string of the molecule is CCC(=O)c1cccc(S(=O)(=O)NC2(CO)CCC2)c1. The van der Waals surface area contributed by atoms with E-state index >= 15 is 0 Å². The van der Waals surface area contributed by atoms with Gasteiger partial charge in [-0.15, -0.1) is 0 Å². The number of hydrogen-bond donors (Lipinski definition) is 2.